The third-order valence-electron chi connectivity index (χ3n) is 2.82. The van der Waals surface area contributed by atoms with Gasteiger partial charge in [0.05, 0.1) is 6.42 Å². The van der Waals surface area contributed by atoms with Gasteiger partial charge in [0.2, 0.25) is 0 Å². The van der Waals surface area contributed by atoms with E-state index in [1.54, 1.807) is 13.1 Å². The van der Waals surface area contributed by atoms with Crippen molar-refractivity contribution in [1.29, 1.82) is 0 Å². The highest BCUT2D eigenvalue weighted by molar-refractivity contribution is 5.31. The summed E-state index contributed by atoms with van der Waals surface area (Å²) < 4.78 is 41.6. The molecule has 1 atom stereocenters. The Morgan fingerprint density at radius 1 is 1.30 bits per heavy atom. The molecule has 20 heavy (non-hydrogen) atoms. The average molecular weight is 291 g/mol. The van der Waals surface area contributed by atoms with E-state index < -0.39 is 18.7 Å². The van der Waals surface area contributed by atoms with Gasteiger partial charge in [-0.2, -0.15) is 13.2 Å². The molecule has 0 saturated heterocycles. The Morgan fingerprint density at radius 2 is 1.95 bits per heavy atom. The molecule has 0 heterocycles. The van der Waals surface area contributed by atoms with Gasteiger partial charge in [-0.1, -0.05) is 18.2 Å². The zero-order valence-electron chi connectivity index (χ0n) is 11.7. The molecule has 0 spiro atoms. The maximum atomic E-state index is 12.1. The standard InChI is InChI=1S/C14H20F3NO2/c1-11-5-3-4-6-13(11)20-10-12(19)9-18(2)8-7-14(15,16)17/h3-6,12,19H,7-10H2,1-2H3. The Kier molecular flexibility index (Phi) is 6.29. The largest absolute Gasteiger partial charge is 0.491 e. The van der Waals surface area contributed by atoms with Gasteiger partial charge >= 0.3 is 6.18 Å². The van der Waals surface area contributed by atoms with Crippen LogP contribution in [-0.4, -0.2) is 49.0 Å². The van der Waals surface area contributed by atoms with E-state index in [1.165, 1.54) is 4.90 Å². The Balaban J connectivity index is 2.29. The third-order valence-corrected chi connectivity index (χ3v) is 2.82. The molecular weight excluding hydrogens is 271 g/mol. The number of rotatable bonds is 7. The molecule has 0 aliphatic carbocycles. The number of para-hydroxylation sites is 1. The van der Waals surface area contributed by atoms with Crippen molar-refractivity contribution in [2.45, 2.75) is 25.6 Å². The van der Waals surface area contributed by atoms with E-state index in [2.05, 4.69) is 0 Å². The van der Waals surface area contributed by atoms with Crippen LogP contribution in [0.15, 0.2) is 24.3 Å². The first-order valence-electron chi connectivity index (χ1n) is 6.40. The second kappa shape index (κ2) is 7.50. The molecule has 1 aromatic carbocycles. The van der Waals surface area contributed by atoms with Gasteiger partial charge in [0.25, 0.3) is 0 Å². The monoisotopic (exact) mass is 291 g/mol. The normalized spacial score (nSPS) is 13.6. The molecule has 0 aliphatic heterocycles. The highest BCUT2D eigenvalue weighted by Crippen LogP contribution is 2.19. The predicted molar refractivity (Wildman–Crippen MR) is 70.8 cm³/mol. The second-order valence-corrected chi connectivity index (χ2v) is 4.86. The zero-order chi connectivity index (χ0) is 15.2. The van der Waals surface area contributed by atoms with Gasteiger partial charge in [0.1, 0.15) is 18.5 Å². The predicted octanol–water partition coefficient (Wildman–Crippen LogP) is 2.62. The van der Waals surface area contributed by atoms with E-state index in [1.807, 2.05) is 25.1 Å². The number of nitrogens with zero attached hydrogens (tertiary/aromatic N) is 1. The van der Waals surface area contributed by atoms with Crippen molar-refractivity contribution >= 4 is 0 Å². The van der Waals surface area contributed by atoms with E-state index in [9.17, 15) is 18.3 Å². The molecule has 3 nitrogen and oxygen atoms in total. The van der Waals surface area contributed by atoms with Crippen LogP contribution >= 0.6 is 0 Å². The summed E-state index contributed by atoms with van der Waals surface area (Å²) in [7, 11) is 1.54. The average Bonchev–Trinajstić information content (AvgIpc) is 2.35. The van der Waals surface area contributed by atoms with Crippen LogP contribution in [0, 0.1) is 6.92 Å². The van der Waals surface area contributed by atoms with Gasteiger partial charge in [-0.3, -0.25) is 0 Å². The minimum atomic E-state index is -4.17. The van der Waals surface area contributed by atoms with Crippen LogP contribution in [0.3, 0.4) is 0 Å². The van der Waals surface area contributed by atoms with Crippen molar-refractivity contribution in [2.24, 2.45) is 0 Å². The maximum Gasteiger partial charge on any atom is 0.390 e. The van der Waals surface area contributed by atoms with Crippen LogP contribution < -0.4 is 4.74 Å². The van der Waals surface area contributed by atoms with Crippen LogP contribution in [0.25, 0.3) is 0 Å². The van der Waals surface area contributed by atoms with E-state index in [0.717, 1.165) is 5.56 Å². The van der Waals surface area contributed by atoms with Gasteiger partial charge in [0, 0.05) is 13.1 Å². The lowest BCUT2D eigenvalue weighted by Crippen LogP contribution is -2.35. The van der Waals surface area contributed by atoms with E-state index >= 15 is 0 Å². The zero-order valence-corrected chi connectivity index (χ0v) is 11.7. The number of alkyl halides is 3. The topological polar surface area (TPSA) is 32.7 Å². The highest BCUT2D eigenvalue weighted by atomic mass is 19.4. The van der Waals surface area contributed by atoms with Gasteiger partial charge in [-0.15, -0.1) is 0 Å². The maximum absolute atomic E-state index is 12.1. The van der Waals surface area contributed by atoms with Crippen molar-refractivity contribution < 1.29 is 23.0 Å². The minimum Gasteiger partial charge on any atom is -0.491 e. The minimum absolute atomic E-state index is 0.0568. The summed E-state index contributed by atoms with van der Waals surface area (Å²) in [5.41, 5.74) is 0.949. The quantitative estimate of drug-likeness (QED) is 0.838. The number of ether oxygens (including phenoxy) is 1. The molecule has 114 valence electrons. The molecule has 0 saturated carbocycles. The molecule has 1 N–H and O–H groups in total. The van der Waals surface area contributed by atoms with E-state index in [0.29, 0.717) is 5.75 Å². The lowest BCUT2D eigenvalue weighted by Gasteiger charge is -2.21. The molecule has 6 heteroatoms. The molecule has 0 aromatic heterocycles. The highest BCUT2D eigenvalue weighted by Gasteiger charge is 2.27. The SMILES string of the molecule is Cc1ccccc1OCC(O)CN(C)CCC(F)(F)F. The number of benzene rings is 1. The Hall–Kier alpha value is -1.27. The van der Waals surface area contributed by atoms with Crippen LogP contribution in [-0.2, 0) is 0 Å². The van der Waals surface area contributed by atoms with Crippen molar-refractivity contribution in [1.82, 2.24) is 4.90 Å². The lowest BCUT2D eigenvalue weighted by molar-refractivity contribution is -0.138. The fourth-order valence-corrected chi connectivity index (χ4v) is 1.73. The fourth-order valence-electron chi connectivity index (χ4n) is 1.73. The van der Waals surface area contributed by atoms with Crippen LogP contribution in [0.1, 0.15) is 12.0 Å². The number of aliphatic hydroxyl groups is 1. The van der Waals surface area contributed by atoms with Crippen molar-refractivity contribution in [3.63, 3.8) is 0 Å². The van der Waals surface area contributed by atoms with E-state index in [-0.39, 0.29) is 19.7 Å². The smallest absolute Gasteiger partial charge is 0.390 e. The van der Waals surface area contributed by atoms with Gasteiger partial charge in [0.15, 0.2) is 0 Å². The van der Waals surface area contributed by atoms with Gasteiger partial charge in [-0.05, 0) is 25.6 Å². The fraction of sp³-hybridized carbons (Fsp3) is 0.571. The summed E-state index contributed by atoms with van der Waals surface area (Å²) in [5, 5.41) is 9.75. The van der Waals surface area contributed by atoms with Crippen molar-refractivity contribution in [2.75, 3.05) is 26.7 Å². The first kappa shape index (κ1) is 16.8. The summed E-state index contributed by atoms with van der Waals surface area (Å²) in [6.45, 7) is 1.95. The summed E-state index contributed by atoms with van der Waals surface area (Å²) in [6, 6.07) is 7.38. The number of likely N-dealkylation sites (N-methyl/N-ethyl adjacent to an activating group) is 1. The molecule has 1 rings (SSSR count). The number of hydrogen-bond donors (Lipinski definition) is 1. The molecule has 0 radical (unpaired) electrons. The Morgan fingerprint density at radius 3 is 2.55 bits per heavy atom. The summed E-state index contributed by atoms with van der Waals surface area (Å²) in [6.07, 6.45) is -5.88. The summed E-state index contributed by atoms with van der Waals surface area (Å²) >= 11 is 0. The molecule has 0 amide bonds. The number of hydrogen-bond acceptors (Lipinski definition) is 3. The number of aliphatic hydroxyl groups excluding tert-OH is 1. The third kappa shape index (κ3) is 6.77. The second-order valence-electron chi connectivity index (χ2n) is 4.86. The van der Waals surface area contributed by atoms with Crippen LogP contribution in [0.5, 0.6) is 5.75 Å². The molecule has 0 bridgehead atoms. The Bertz CT molecular complexity index is 410. The Labute approximate surface area is 117 Å². The lowest BCUT2D eigenvalue weighted by atomic mass is 10.2. The first-order valence-corrected chi connectivity index (χ1v) is 6.40. The molecule has 1 unspecified atom stereocenters. The molecular formula is C14H20F3NO2. The van der Waals surface area contributed by atoms with Crippen molar-refractivity contribution in [3.8, 4) is 5.75 Å². The van der Waals surface area contributed by atoms with Gasteiger partial charge < -0.3 is 14.7 Å². The molecule has 0 fully saturated rings. The van der Waals surface area contributed by atoms with E-state index in [4.69, 9.17) is 4.74 Å². The number of aryl methyl sites for hydroxylation is 1. The summed E-state index contributed by atoms with van der Waals surface area (Å²) in [5.74, 6) is 0.671. The number of halogens is 3. The first-order chi connectivity index (χ1) is 9.28. The van der Waals surface area contributed by atoms with Crippen LogP contribution in [0.2, 0.25) is 0 Å². The van der Waals surface area contributed by atoms with Gasteiger partial charge in [-0.25, -0.2) is 0 Å². The van der Waals surface area contributed by atoms with Crippen molar-refractivity contribution in [3.05, 3.63) is 29.8 Å². The molecule has 1 aromatic rings. The molecule has 0 aliphatic rings. The summed E-state index contributed by atoms with van der Waals surface area (Å²) in [4.78, 5) is 1.44. The van der Waals surface area contributed by atoms with Crippen LogP contribution in [0.4, 0.5) is 13.2 Å².